The number of aliphatic hydroxyl groups is 1. The van der Waals surface area contributed by atoms with Crippen molar-refractivity contribution in [3.63, 3.8) is 0 Å². The summed E-state index contributed by atoms with van der Waals surface area (Å²) in [6.45, 7) is 2.41. The molecule has 0 bridgehead atoms. The fourth-order valence-corrected chi connectivity index (χ4v) is 2.36. The Morgan fingerprint density at radius 2 is 1.84 bits per heavy atom. The molecule has 0 saturated carbocycles. The van der Waals surface area contributed by atoms with Crippen molar-refractivity contribution in [2.75, 3.05) is 35.0 Å². The highest BCUT2D eigenvalue weighted by atomic mass is 16.7. The molecule has 1 N–H and O–H groups in total. The Balaban J connectivity index is 2.98. The van der Waals surface area contributed by atoms with Gasteiger partial charge in [-0.3, -0.25) is 4.79 Å². The van der Waals surface area contributed by atoms with Gasteiger partial charge in [-0.2, -0.15) is 0 Å². The number of carbonyl (C=O) groups excluding carboxylic acids is 1. The second-order valence-corrected chi connectivity index (χ2v) is 5.62. The molecule has 7 nitrogen and oxygen atoms in total. The van der Waals surface area contributed by atoms with E-state index in [2.05, 4.69) is 0 Å². The third-order valence-corrected chi connectivity index (χ3v) is 3.98. The zero-order chi connectivity index (χ0) is 18.8. The minimum Gasteiger partial charge on any atom is -0.497 e. The lowest BCUT2D eigenvalue weighted by molar-refractivity contribution is -0.149. The summed E-state index contributed by atoms with van der Waals surface area (Å²) in [5.41, 5.74) is 0.825. The highest BCUT2D eigenvalue weighted by Crippen LogP contribution is 2.26. The molecule has 0 radical (unpaired) electrons. The van der Waals surface area contributed by atoms with Crippen LogP contribution in [0.3, 0.4) is 0 Å². The number of hydrogen-bond donors (Lipinski definition) is 1. The van der Waals surface area contributed by atoms with E-state index in [-0.39, 0.29) is 18.9 Å². The molecule has 142 valence electrons. The quantitative estimate of drug-likeness (QED) is 0.610. The Morgan fingerprint density at radius 1 is 1.16 bits per heavy atom. The number of carbonyl (C=O) groups is 1. The zero-order valence-corrected chi connectivity index (χ0v) is 15.7. The van der Waals surface area contributed by atoms with Gasteiger partial charge < -0.3 is 29.0 Å². The summed E-state index contributed by atoms with van der Waals surface area (Å²) in [7, 11) is 6.12. The van der Waals surface area contributed by atoms with Crippen LogP contribution in [-0.2, 0) is 20.8 Å². The average molecular weight is 355 g/mol. The van der Waals surface area contributed by atoms with E-state index in [0.29, 0.717) is 24.5 Å². The number of amides is 1. The first kappa shape index (κ1) is 21.2. The molecule has 1 aromatic carbocycles. The first-order valence-electron chi connectivity index (χ1n) is 8.21. The molecule has 1 atom stereocenters. The van der Waals surface area contributed by atoms with Gasteiger partial charge in [-0.15, -0.1) is 0 Å². The third kappa shape index (κ3) is 6.53. The average Bonchev–Trinajstić information content (AvgIpc) is 2.65. The van der Waals surface area contributed by atoms with Crippen LogP contribution < -0.4 is 9.47 Å². The number of nitrogens with zero attached hydrogens (tertiary/aromatic N) is 1. The summed E-state index contributed by atoms with van der Waals surface area (Å²) >= 11 is 0. The molecular formula is C18H29NO6. The number of ether oxygens (including phenoxy) is 4. The Hall–Kier alpha value is -1.83. The van der Waals surface area contributed by atoms with Crippen molar-refractivity contribution in [3.05, 3.63) is 23.8 Å². The lowest BCUT2D eigenvalue weighted by Gasteiger charge is -2.27. The Labute approximate surface area is 149 Å². The maximum absolute atomic E-state index is 12.6. The Bertz CT molecular complexity index is 532. The molecule has 7 heteroatoms. The predicted molar refractivity (Wildman–Crippen MR) is 93.7 cm³/mol. The number of hydrogen-bond acceptors (Lipinski definition) is 6. The van der Waals surface area contributed by atoms with Crippen LogP contribution in [0.1, 0.15) is 25.3 Å². The van der Waals surface area contributed by atoms with Gasteiger partial charge in [0, 0.05) is 38.9 Å². The standard InChI is InChI=1S/C18H29NO6/c1-6-14(20)12-19(17(21)10-18(24-4)25-5)11-13-7-8-15(22-2)9-16(13)23-3/h7-9,14,18,20H,6,10-12H2,1-5H3. The fraction of sp³-hybridized carbons (Fsp3) is 0.611. The van der Waals surface area contributed by atoms with Gasteiger partial charge in [0.15, 0.2) is 6.29 Å². The molecule has 0 aliphatic rings. The Kier molecular flexibility index (Phi) is 9.26. The minimum atomic E-state index is -0.619. The molecule has 1 rings (SSSR count). The second kappa shape index (κ2) is 10.9. The van der Waals surface area contributed by atoms with E-state index in [1.807, 2.05) is 19.1 Å². The van der Waals surface area contributed by atoms with Crippen LogP contribution in [0, 0.1) is 0 Å². The SMILES string of the molecule is CCC(O)CN(Cc1ccc(OC)cc1OC)C(=O)CC(OC)OC. The van der Waals surface area contributed by atoms with E-state index in [0.717, 1.165) is 5.56 Å². The molecule has 1 amide bonds. The molecule has 0 aliphatic heterocycles. The van der Waals surface area contributed by atoms with Crippen molar-refractivity contribution in [3.8, 4) is 11.5 Å². The van der Waals surface area contributed by atoms with Crippen LogP contribution >= 0.6 is 0 Å². The van der Waals surface area contributed by atoms with Crippen LogP contribution in [0.25, 0.3) is 0 Å². The minimum absolute atomic E-state index is 0.0713. The van der Waals surface area contributed by atoms with E-state index < -0.39 is 12.4 Å². The fourth-order valence-electron chi connectivity index (χ4n) is 2.36. The van der Waals surface area contributed by atoms with Crippen molar-refractivity contribution in [1.29, 1.82) is 0 Å². The second-order valence-electron chi connectivity index (χ2n) is 5.62. The third-order valence-electron chi connectivity index (χ3n) is 3.98. The van der Waals surface area contributed by atoms with Crippen LogP contribution in [0.5, 0.6) is 11.5 Å². The van der Waals surface area contributed by atoms with Crippen LogP contribution in [0.2, 0.25) is 0 Å². The van der Waals surface area contributed by atoms with E-state index in [1.165, 1.54) is 14.2 Å². The topological polar surface area (TPSA) is 77.5 Å². The van der Waals surface area contributed by atoms with Crippen molar-refractivity contribution in [2.24, 2.45) is 0 Å². The van der Waals surface area contributed by atoms with Crippen molar-refractivity contribution < 1.29 is 28.8 Å². The van der Waals surface area contributed by atoms with Gasteiger partial charge in [0.25, 0.3) is 0 Å². The number of benzene rings is 1. The Morgan fingerprint density at radius 3 is 2.36 bits per heavy atom. The molecule has 0 saturated heterocycles. The zero-order valence-electron chi connectivity index (χ0n) is 15.7. The van der Waals surface area contributed by atoms with E-state index >= 15 is 0 Å². The molecule has 1 unspecified atom stereocenters. The van der Waals surface area contributed by atoms with E-state index in [1.54, 1.807) is 25.2 Å². The van der Waals surface area contributed by atoms with Crippen LogP contribution in [0.4, 0.5) is 0 Å². The maximum atomic E-state index is 12.6. The summed E-state index contributed by atoms with van der Waals surface area (Å²) < 4.78 is 20.8. The lowest BCUT2D eigenvalue weighted by atomic mass is 10.1. The van der Waals surface area contributed by atoms with Gasteiger partial charge in [-0.05, 0) is 18.6 Å². The molecule has 1 aromatic rings. The van der Waals surface area contributed by atoms with Gasteiger partial charge in [-0.25, -0.2) is 0 Å². The van der Waals surface area contributed by atoms with Gasteiger partial charge >= 0.3 is 0 Å². The maximum Gasteiger partial charge on any atom is 0.228 e. The van der Waals surface area contributed by atoms with Crippen LogP contribution in [-0.4, -0.2) is 63.3 Å². The molecular weight excluding hydrogens is 326 g/mol. The lowest BCUT2D eigenvalue weighted by Crippen LogP contribution is -2.39. The van der Waals surface area contributed by atoms with Crippen LogP contribution in [0.15, 0.2) is 18.2 Å². The van der Waals surface area contributed by atoms with Gasteiger partial charge in [-0.1, -0.05) is 6.92 Å². The van der Waals surface area contributed by atoms with Gasteiger partial charge in [0.2, 0.25) is 5.91 Å². The summed E-state index contributed by atoms with van der Waals surface area (Å²) in [5.74, 6) is 1.13. The van der Waals surface area contributed by atoms with E-state index in [4.69, 9.17) is 18.9 Å². The van der Waals surface area contributed by atoms with Crippen molar-refractivity contribution >= 4 is 5.91 Å². The largest absolute Gasteiger partial charge is 0.497 e. The van der Waals surface area contributed by atoms with Crippen molar-refractivity contribution in [2.45, 2.75) is 38.7 Å². The first-order valence-corrected chi connectivity index (χ1v) is 8.21. The highest BCUT2D eigenvalue weighted by molar-refractivity contribution is 5.76. The summed E-state index contributed by atoms with van der Waals surface area (Å²) in [6.07, 6.45) is -0.591. The summed E-state index contributed by atoms with van der Waals surface area (Å²) in [5, 5.41) is 10.0. The molecule has 0 heterocycles. The molecule has 0 aromatic heterocycles. The molecule has 0 spiro atoms. The number of rotatable bonds is 11. The summed E-state index contributed by atoms with van der Waals surface area (Å²) in [6, 6.07) is 5.42. The highest BCUT2D eigenvalue weighted by Gasteiger charge is 2.22. The first-order chi connectivity index (χ1) is 12.0. The van der Waals surface area contributed by atoms with Crippen molar-refractivity contribution in [1.82, 2.24) is 4.90 Å². The monoisotopic (exact) mass is 355 g/mol. The number of methoxy groups -OCH3 is 4. The van der Waals surface area contributed by atoms with Gasteiger partial charge in [0.05, 0.1) is 26.7 Å². The predicted octanol–water partition coefficient (Wildman–Crippen LogP) is 1.81. The normalized spacial score (nSPS) is 12.1. The molecule has 0 fully saturated rings. The number of aliphatic hydroxyl groups excluding tert-OH is 1. The molecule has 25 heavy (non-hydrogen) atoms. The van der Waals surface area contributed by atoms with Gasteiger partial charge in [0.1, 0.15) is 11.5 Å². The van der Waals surface area contributed by atoms with E-state index in [9.17, 15) is 9.90 Å². The molecule has 0 aliphatic carbocycles. The summed E-state index contributed by atoms with van der Waals surface area (Å²) in [4.78, 5) is 14.2. The smallest absolute Gasteiger partial charge is 0.228 e.